The number of para-hydroxylation sites is 4. The van der Waals surface area contributed by atoms with Crippen LogP contribution in [-0.2, 0) is 9.59 Å². The molecule has 0 bridgehead atoms. The topological polar surface area (TPSA) is 111 Å². The van der Waals surface area contributed by atoms with Gasteiger partial charge < -0.3 is 20.1 Å². The molecule has 174 valence electrons. The largest absolute Gasteiger partial charge is 0.480 e. The molecule has 3 rings (SSSR count). The van der Waals surface area contributed by atoms with Crippen LogP contribution in [0.25, 0.3) is 0 Å². The van der Waals surface area contributed by atoms with Gasteiger partial charge in [0.1, 0.15) is 0 Å². The van der Waals surface area contributed by atoms with E-state index in [-0.39, 0.29) is 36.3 Å². The molecule has 0 saturated heterocycles. The number of ether oxygens (including phenoxy) is 2. The number of carbonyl (C=O) groups excluding carboxylic acids is 4. The molecule has 3 aromatic rings. The molecule has 0 aliphatic rings. The van der Waals surface area contributed by atoms with Crippen LogP contribution in [0.5, 0.6) is 11.5 Å². The van der Waals surface area contributed by atoms with Gasteiger partial charge in [-0.1, -0.05) is 36.4 Å². The number of hydrogen-bond acceptors (Lipinski definition) is 6. The van der Waals surface area contributed by atoms with Crippen molar-refractivity contribution < 1.29 is 28.7 Å². The van der Waals surface area contributed by atoms with E-state index in [1.807, 2.05) is 0 Å². The summed E-state index contributed by atoms with van der Waals surface area (Å²) in [5.41, 5.74) is 1.60. The number of amides is 2. The molecule has 0 saturated carbocycles. The third-order valence-electron chi connectivity index (χ3n) is 4.73. The molecule has 0 aliphatic carbocycles. The number of Topliss-reactive ketones (excluding diaryl/α,β-unsaturated/α-hetero) is 2. The highest BCUT2D eigenvalue weighted by Crippen LogP contribution is 2.26. The van der Waals surface area contributed by atoms with Crippen LogP contribution in [-0.4, -0.2) is 36.6 Å². The van der Waals surface area contributed by atoms with Crippen molar-refractivity contribution in [3.63, 3.8) is 0 Å². The summed E-state index contributed by atoms with van der Waals surface area (Å²) in [7, 11) is 0. The van der Waals surface area contributed by atoms with Gasteiger partial charge in [0.05, 0.1) is 11.4 Å². The number of hydrogen-bond donors (Lipinski definition) is 2. The number of rotatable bonds is 10. The molecule has 0 unspecified atom stereocenters. The Balaban J connectivity index is 1.58. The minimum atomic E-state index is -0.456. The van der Waals surface area contributed by atoms with E-state index in [9.17, 15) is 19.2 Å². The smallest absolute Gasteiger partial charge is 0.262 e. The maximum atomic E-state index is 12.3. The van der Waals surface area contributed by atoms with Crippen LogP contribution >= 0.6 is 0 Å². The number of carbonyl (C=O) groups is 4. The molecule has 0 fully saturated rings. The Morgan fingerprint density at radius 3 is 1.32 bits per heavy atom. The summed E-state index contributed by atoms with van der Waals surface area (Å²) in [6.45, 7) is 2.18. The first kappa shape index (κ1) is 24.2. The molecule has 3 aromatic carbocycles. The van der Waals surface area contributed by atoms with E-state index in [2.05, 4.69) is 10.6 Å². The van der Waals surface area contributed by atoms with Crippen molar-refractivity contribution in [2.24, 2.45) is 0 Å². The van der Waals surface area contributed by atoms with E-state index in [1.54, 1.807) is 72.8 Å². The lowest BCUT2D eigenvalue weighted by Crippen LogP contribution is -2.23. The zero-order valence-corrected chi connectivity index (χ0v) is 18.8. The van der Waals surface area contributed by atoms with E-state index >= 15 is 0 Å². The third kappa shape index (κ3) is 6.52. The third-order valence-corrected chi connectivity index (χ3v) is 4.73. The van der Waals surface area contributed by atoms with E-state index in [0.29, 0.717) is 22.5 Å². The van der Waals surface area contributed by atoms with Crippen molar-refractivity contribution in [2.75, 3.05) is 23.8 Å². The van der Waals surface area contributed by atoms with E-state index < -0.39 is 11.8 Å². The average Bonchev–Trinajstić information content (AvgIpc) is 2.82. The van der Waals surface area contributed by atoms with Crippen LogP contribution < -0.4 is 20.1 Å². The quantitative estimate of drug-likeness (QED) is 0.440. The maximum absolute atomic E-state index is 12.3. The van der Waals surface area contributed by atoms with Gasteiger partial charge in [0.25, 0.3) is 11.8 Å². The van der Waals surface area contributed by atoms with Crippen LogP contribution in [0, 0.1) is 0 Å². The second-order valence-corrected chi connectivity index (χ2v) is 7.32. The van der Waals surface area contributed by atoms with Crippen LogP contribution in [0.4, 0.5) is 11.4 Å². The van der Waals surface area contributed by atoms with Gasteiger partial charge in [-0.15, -0.1) is 0 Å². The first-order valence-corrected chi connectivity index (χ1v) is 10.5. The molecule has 0 radical (unpaired) electrons. The lowest BCUT2D eigenvalue weighted by molar-refractivity contribution is -0.119. The predicted octanol–water partition coefficient (Wildman–Crippen LogP) is 4.13. The minimum absolute atomic E-state index is 0.167. The fraction of sp³-hybridized carbons (Fsp3) is 0.154. The fourth-order valence-corrected chi connectivity index (χ4v) is 3.15. The van der Waals surface area contributed by atoms with Crippen molar-refractivity contribution >= 4 is 34.8 Å². The molecular weight excluding hydrogens is 436 g/mol. The van der Waals surface area contributed by atoms with E-state index in [4.69, 9.17) is 9.47 Å². The van der Waals surface area contributed by atoms with Crippen molar-refractivity contribution in [2.45, 2.75) is 13.8 Å². The number of benzene rings is 3. The normalized spacial score (nSPS) is 10.2. The minimum Gasteiger partial charge on any atom is -0.480 e. The SMILES string of the molecule is CC(=O)c1ccccc1NC(=O)COc1ccccc1OCC(=O)Nc1ccccc1C(C)=O. The van der Waals surface area contributed by atoms with E-state index in [1.165, 1.54) is 13.8 Å². The van der Waals surface area contributed by atoms with Gasteiger partial charge in [-0.3, -0.25) is 19.2 Å². The van der Waals surface area contributed by atoms with Crippen molar-refractivity contribution in [3.05, 3.63) is 83.9 Å². The Morgan fingerprint density at radius 1 is 0.588 bits per heavy atom. The van der Waals surface area contributed by atoms with Gasteiger partial charge in [-0.2, -0.15) is 0 Å². The average molecular weight is 460 g/mol. The second-order valence-electron chi connectivity index (χ2n) is 7.32. The molecular formula is C26H24N2O6. The lowest BCUT2D eigenvalue weighted by Gasteiger charge is -2.14. The first-order chi connectivity index (χ1) is 16.3. The Kier molecular flexibility index (Phi) is 8.12. The molecule has 34 heavy (non-hydrogen) atoms. The number of nitrogens with one attached hydrogen (secondary N) is 2. The Bertz CT molecular complexity index is 1130. The maximum Gasteiger partial charge on any atom is 0.262 e. The number of anilines is 2. The van der Waals surface area contributed by atoms with Crippen molar-refractivity contribution in [3.8, 4) is 11.5 Å². The first-order valence-electron chi connectivity index (χ1n) is 10.5. The number of ketones is 2. The monoisotopic (exact) mass is 460 g/mol. The summed E-state index contributed by atoms with van der Waals surface area (Å²) in [6, 6.07) is 20.0. The Hall–Kier alpha value is -4.46. The Labute approximate surface area is 196 Å². The molecule has 0 aliphatic heterocycles. The molecule has 0 spiro atoms. The summed E-state index contributed by atoms with van der Waals surface area (Å²) >= 11 is 0. The molecule has 2 amide bonds. The Morgan fingerprint density at radius 2 is 0.941 bits per heavy atom. The summed E-state index contributed by atoms with van der Waals surface area (Å²) in [5.74, 6) is -0.701. The zero-order chi connectivity index (χ0) is 24.5. The van der Waals surface area contributed by atoms with Crippen LogP contribution in [0.3, 0.4) is 0 Å². The zero-order valence-electron chi connectivity index (χ0n) is 18.8. The molecule has 0 atom stereocenters. The van der Waals surface area contributed by atoms with Crippen molar-refractivity contribution in [1.82, 2.24) is 0 Å². The molecule has 0 heterocycles. The van der Waals surface area contributed by atoms with Crippen LogP contribution in [0.1, 0.15) is 34.6 Å². The van der Waals surface area contributed by atoms with Gasteiger partial charge in [0.15, 0.2) is 36.3 Å². The van der Waals surface area contributed by atoms with Gasteiger partial charge in [0, 0.05) is 11.1 Å². The predicted molar refractivity (Wildman–Crippen MR) is 128 cm³/mol. The van der Waals surface area contributed by atoms with Gasteiger partial charge in [0.2, 0.25) is 0 Å². The van der Waals surface area contributed by atoms with Crippen LogP contribution in [0.15, 0.2) is 72.8 Å². The summed E-state index contributed by atoms with van der Waals surface area (Å²) < 4.78 is 11.1. The van der Waals surface area contributed by atoms with Gasteiger partial charge in [-0.25, -0.2) is 0 Å². The second kappa shape index (κ2) is 11.4. The highest BCUT2D eigenvalue weighted by molar-refractivity contribution is 6.04. The standard InChI is InChI=1S/C26H24N2O6/c1-17(29)19-9-3-5-11-21(19)27-25(31)15-33-23-13-7-8-14-24(23)34-16-26(32)28-22-12-6-4-10-20(22)18(2)30/h3-14H,15-16H2,1-2H3,(H,27,31)(H,28,32). The fourth-order valence-electron chi connectivity index (χ4n) is 3.15. The summed E-state index contributed by atoms with van der Waals surface area (Å²) in [5, 5.41) is 5.31. The highest BCUT2D eigenvalue weighted by Gasteiger charge is 2.14. The summed E-state index contributed by atoms with van der Waals surface area (Å²) in [6.07, 6.45) is 0. The van der Waals surface area contributed by atoms with E-state index in [0.717, 1.165) is 0 Å². The van der Waals surface area contributed by atoms with Crippen LogP contribution in [0.2, 0.25) is 0 Å². The van der Waals surface area contributed by atoms with Gasteiger partial charge >= 0.3 is 0 Å². The molecule has 8 nitrogen and oxygen atoms in total. The highest BCUT2D eigenvalue weighted by atomic mass is 16.5. The molecule has 8 heteroatoms. The summed E-state index contributed by atoms with van der Waals surface area (Å²) in [4.78, 5) is 48.1. The van der Waals surface area contributed by atoms with Gasteiger partial charge in [-0.05, 0) is 50.2 Å². The molecule has 0 aromatic heterocycles. The molecule has 2 N–H and O–H groups in total. The lowest BCUT2D eigenvalue weighted by atomic mass is 10.1. The van der Waals surface area contributed by atoms with Crippen molar-refractivity contribution in [1.29, 1.82) is 0 Å².